The first-order valence-electron chi connectivity index (χ1n) is 5.90. The van der Waals surface area contributed by atoms with E-state index in [0.29, 0.717) is 5.82 Å². The summed E-state index contributed by atoms with van der Waals surface area (Å²) in [4.78, 5) is 28.3. The number of aryl methyl sites for hydroxylation is 1. The van der Waals surface area contributed by atoms with Crippen LogP contribution in [0.25, 0.3) is 0 Å². The summed E-state index contributed by atoms with van der Waals surface area (Å²) in [6.45, 7) is 1.70. The lowest BCUT2D eigenvalue weighted by atomic mass is 10.1. The van der Waals surface area contributed by atoms with Crippen LogP contribution in [-0.2, 0) is 9.53 Å². The van der Waals surface area contributed by atoms with E-state index in [9.17, 15) is 9.59 Å². The molecule has 0 aliphatic carbocycles. The number of hydrogen-bond donors (Lipinski definition) is 2. The second-order valence-corrected chi connectivity index (χ2v) is 5.05. The van der Waals surface area contributed by atoms with Gasteiger partial charge in [-0.2, -0.15) is 0 Å². The second kappa shape index (κ2) is 6.29. The van der Waals surface area contributed by atoms with Crippen molar-refractivity contribution >= 4 is 23.2 Å². The minimum atomic E-state index is -0.450. The lowest BCUT2D eigenvalue weighted by Crippen LogP contribution is -2.30. The van der Waals surface area contributed by atoms with E-state index in [1.54, 1.807) is 6.92 Å². The molecule has 0 aliphatic rings. The van der Waals surface area contributed by atoms with Gasteiger partial charge in [-0.1, -0.05) is 6.07 Å². The van der Waals surface area contributed by atoms with Crippen molar-refractivity contribution in [1.29, 1.82) is 0 Å². The number of rotatable bonds is 5. The molecule has 1 amide bonds. The van der Waals surface area contributed by atoms with E-state index >= 15 is 0 Å². The van der Waals surface area contributed by atoms with Crippen molar-refractivity contribution < 1.29 is 14.3 Å². The number of nitrogens with zero attached hydrogens (tertiary/aromatic N) is 2. The van der Waals surface area contributed by atoms with Crippen LogP contribution in [0.2, 0.25) is 0 Å². The molecule has 2 N–H and O–H groups in total. The number of ether oxygens (including phenoxy) is 1. The second-order valence-electron chi connectivity index (χ2n) is 4.07. The molecule has 106 valence electrons. The quantitative estimate of drug-likeness (QED) is 0.808. The minimum absolute atomic E-state index is 0.0499. The molecule has 0 saturated heterocycles. The Hall–Kier alpha value is -2.22. The van der Waals surface area contributed by atoms with Crippen LogP contribution in [0.5, 0.6) is 0 Å². The number of carbonyl (C=O) groups is 2. The van der Waals surface area contributed by atoms with E-state index in [1.807, 2.05) is 17.5 Å². The summed E-state index contributed by atoms with van der Waals surface area (Å²) in [5, 5.41) is 11.0. The fourth-order valence-electron chi connectivity index (χ4n) is 1.63. The van der Waals surface area contributed by atoms with E-state index in [-0.39, 0.29) is 12.2 Å². The number of aromatic nitrogens is 3. The molecule has 0 saturated carbocycles. The number of aromatic amines is 1. The Balaban J connectivity index is 2.11. The Bertz CT molecular complexity index is 594. The average molecular weight is 294 g/mol. The SMILES string of the molecule is COC(=O)CC(NC(=O)c1n[nH]c(C)n1)c1cccs1. The highest BCUT2D eigenvalue weighted by Gasteiger charge is 2.22. The van der Waals surface area contributed by atoms with Gasteiger partial charge in [-0.05, 0) is 18.4 Å². The smallest absolute Gasteiger partial charge is 0.307 e. The van der Waals surface area contributed by atoms with Crippen LogP contribution in [-0.4, -0.2) is 34.2 Å². The molecule has 0 fully saturated rings. The Morgan fingerprint density at radius 2 is 2.35 bits per heavy atom. The fourth-order valence-corrected chi connectivity index (χ4v) is 2.41. The topological polar surface area (TPSA) is 97.0 Å². The lowest BCUT2D eigenvalue weighted by molar-refractivity contribution is -0.141. The third kappa shape index (κ3) is 3.41. The maximum atomic E-state index is 12.0. The van der Waals surface area contributed by atoms with Crippen molar-refractivity contribution in [2.45, 2.75) is 19.4 Å². The van der Waals surface area contributed by atoms with E-state index in [1.165, 1.54) is 18.4 Å². The van der Waals surface area contributed by atoms with Crippen molar-refractivity contribution in [3.05, 3.63) is 34.0 Å². The van der Waals surface area contributed by atoms with Gasteiger partial charge in [-0.25, -0.2) is 4.98 Å². The van der Waals surface area contributed by atoms with Gasteiger partial charge in [0.1, 0.15) is 5.82 Å². The van der Waals surface area contributed by atoms with Gasteiger partial charge in [0, 0.05) is 4.88 Å². The molecular formula is C12H14N4O3S. The van der Waals surface area contributed by atoms with Crippen LogP contribution < -0.4 is 5.32 Å². The predicted molar refractivity (Wildman–Crippen MR) is 72.3 cm³/mol. The maximum absolute atomic E-state index is 12.0. The third-order valence-corrected chi connectivity index (χ3v) is 3.58. The van der Waals surface area contributed by atoms with Crippen molar-refractivity contribution in [3.8, 4) is 0 Å². The van der Waals surface area contributed by atoms with Crippen molar-refractivity contribution in [2.75, 3.05) is 7.11 Å². The lowest BCUT2D eigenvalue weighted by Gasteiger charge is -2.15. The fraction of sp³-hybridized carbons (Fsp3) is 0.333. The summed E-state index contributed by atoms with van der Waals surface area (Å²) in [6.07, 6.45) is 0.0617. The molecule has 2 aromatic rings. The maximum Gasteiger partial charge on any atom is 0.307 e. The van der Waals surface area contributed by atoms with Gasteiger partial charge in [0.05, 0.1) is 19.6 Å². The highest BCUT2D eigenvalue weighted by atomic mass is 32.1. The number of thiophene rings is 1. The van der Waals surface area contributed by atoms with Gasteiger partial charge in [0.15, 0.2) is 0 Å². The number of methoxy groups -OCH3 is 1. The van der Waals surface area contributed by atoms with Gasteiger partial charge >= 0.3 is 5.97 Å². The Morgan fingerprint density at radius 1 is 1.55 bits per heavy atom. The van der Waals surface area contributed by atoms with Gasteiger partial charge in [0.2, 0.25) is 5.82 Å². The van der Waals surface area contributed by atoms with Crippen LogP contribution in [0.15, 0.2) is 17.5 Å². The largest absolute Gasteiger partial charge is 0.469 e. The number of H-pyrrole nitrogens is 1. The van der Waals surface area contributed by atoms with Crippen molar-refractivity contribution in [2.24, 2.45) is 0 Å². The molecule has 0 spiro atoms. The average Bonchev–Trinajstić information content (AvgIpc) is 3.08. The molecule has 8 heteroatoms. The molecule has 1 atom stereocenters. The Morgan fingerprint density at radius 3 is 2.90 bits per heavy atom. The van der Waals surface area contributed by atoms with Crippen LogP contribution in [0.4, 0.5) is 0 Å². The number of esters is 1. The van der Waals surface area contributed by atoms with Gasteiger partial charge in [-0.15, -0.1) is 16.4 Å². The molecule has 2 aromatic heterocycles. The molecule has 0 aromatic carbocycles. The molecule has 2 rings (SSSR count). The molecule has 20 heavy (non-hydrogen) atoms. The summed E-state index contributed by atoms with van der Waals surface area (Å²) in [5.74, 6) is -0.226. The Labute approximate surface area is 119 Å². The first kappa shape index (κ1) is 14.2. The van der Waals surface area contributed by atoms with Crippen LogP contribution in [0, 0.1) is 6.92 Å². The summed E-state index contributed by atoms with van der Waals surface area (Å²) in [6, 6.07) is 3.25. The van der Waals surface area contributed by atoms with E-state index in [4.69, 9.17) is 0 Å². The molecule has 0 aliphatic heterocycles. The summed E-state index contributed by atoms with van der Waals surface area (Å²) >= 11 is 1.45. The van der Waals surface area contributed by atoms with E-state index in [0.717, 1.165) is 4.88 Å². The number of amides is 1. The highest BCUT2D eigenvalue weighted by molar-refractivity contribution is 7.10. The van der Waals surface area contributed by atoms with E-state index < -0.39 is 17.9 Å². The van der Waals surface area contributed by atoms with Gasteiger partial charge in [0.25, 0.3) is 5.91 Å². The zero-order valence-corrected chi connectivity index (χ0v) is 11.9. The van der Waals surface area contributed by atoms with Crippen molar-refractivity contribution in [3.63, 3.8) is 0 Å². The first-order chi connectivity index (χ1) is 9.60. The van der Waals surface area contributed by atoms with Gasteiger partial charge in [-0.3, -0.25) is 14.7 Å². The number of hydrogen-bond acceptors (Lipinski definition) is 6. The van der Waals surface area contributed by atoms with Crippen LogP contribution >= 0.6 is 11.3 Å². The molecular weight excluding hydrogens is 280 g/mol. The van der Waals surface area contributed by atoms with Crippen LogP contribution in [0.1, 0.15) is 33.8 Å². The molecule has 2 heterocycles. The standard InChI is InChI=1S/C12H14N4O3S/c1-7-13-11(16-15-7)12(18)14-8(6-10(17)19-2)9-4-3-5-20-9/h3-5,8H,6H2,1-2H3,(H,14,18)(H,13,15,16). The minimum Gasteiger partial charge on any atom is -0.469 e. The van der Waals surface area contributed by atoms with Gasteiger partial charge < -0.3 is 10.1 Å². The zero-order valence-electron chi connectivity index (χ0n) is 11.0. The summed E-state index contributed by atoms with van der Waals surface area (Å²) in [5.41, 5.74) is 0. The third-order valence-electron chi connectivity index (χ3n) is 2.59. The summed E-state index contributed by atoms with van der Waals surface area (Å²) < 4.78 is 4.65. The highest BCUT2D eigenvalue weighted by Crippen LogP contribution is 2.22. The first-order valence-corrected chi connectivity index (χ1v) is 6.78. The Kier molecular flexibility index (Phi) is 4.46. The molecule has 0 radical (unpaired) electrons. The van der Waals surface area contributed by atoms with Crippen molar-refractivity contribution in [1.82, 2.24) is 20.5 Å². The zero-order chi connectivity index (χ0) is 14.5. The van der Waals surface area contributed by atoms with E-state index in [2.05, 4.69) is 25.2 Å². The monoisotopic (exact) mass is 294 g/mol. The predicted octanol–water partition coefficient (Wildman–Crippen LogP) is 1.21. The molecule has 7 nitrogen and oxygen atoms in total. The number of nitrogens with one attached hydrogen (secondary N) is 2. The van der Waals surface area contributed by atoms with Crippen LogP contribution in [0.3, 0.4) is 0 Å². The molecule has 0 bridgehead atoms. The summed E-state index contributed by atoms with van der Waals surface area (Å²) in [7, 11) is 1.31. The number of carbonyl (C=O) groups excluding carboxylic acids is 2. The molecule has 1 unspecified atom stereocenters. The normalized spacial score (nSPS) is 11.9.